The molecule has 2 heteroatoms. The zero-order valence-corrected chi connectivity index (χ0v) is 12.9. The summed E-state index contributed by atoms with van der Waals surface area (Å²) in [5.74, 6) is 0.503. The third-order valence-electron chi connectivity index (χ3n) is 4.18. The summed E-state index contributed by atoms with van der Waals surface area (Å²) in [6, 6.07) is 1.10. The molecule has 1 aliphatic rings. The lowest BCUT2D eigenvalue weighted by Crippen LogP contribution is -2.51. The number of hydrogen-bond acceptors (Lipinski definition) is 2. The van der Waals surface area contributed by atoms with Crippen LogP contribution in [0.5, 0.6) is 0 Å². The van der Waals surface area contributed by atoms with Gasteiger partial charge in [-0.05, 0) is 45.6 Å². The lowest BCUT2D eigenvalue weighted by Gasteiger charge is -2.38. The molecule has 4 atom stereocenters. The van der Waals surface area contributed by atoms with Crippen molar-refractivity contribution in [3.05, 3.63) is 23.9 Å². The van der Waals surface area contributed by atoms with Gasteiger partial charge in [0.1, 0.15) is 0 Å². The highest BCUT2D eigenvalue weighted by Gasteiger charge is 2.30. The molecule has 0 amide bonds. The Morgan fingerprint density at radius 3 is 2.33 bits per heavy atom. The van der Waals surface area contributed by atoms with Crippen LogP contribution in [0.2, 0.25) is 0 Å². The normalized spacial score (nSPS) is 30.8. The van der Waals surface area contributed by atoms with E-state index in [1.807, 2.05) is 0 Å². The Morgan fingerprint density at radius 2 is 1.83 bits per heavy atom. The van der Waals surface area contributed by atoms with E-state index in [-0.39, 0.29) is 5.54 Å². The largest absolute Gasteiger partial charge is 0.383 e. The molecule has 1 aliphatic carbocycles. The van der Waals surface area contributed by atoms with Gasteiger partial charge in [0.05, 0.1) is 0 Å². The molecule has 0 aliphatic heterocycles. The van der Waals surface area contributed by atoms with Gasteiger partial charge in [0.15, 0.2) is 0 Å². The molecule has 0 spiro atoms. The second kappa shape index (κ2) is 6.42. The van der Waals surface area contributed by atoms with Gasteiger partial charge in [-0.3, -0.25) is 0 Å². The van der Waals surface area contributed by atoms with Gasteiger partial charge in [-0.15, -0.1) is 0 Å². The molecule has 0 aromatic heterocycles. The van der Waals surface area contributed by atoms with Gasteiger partial charge in [0, 0.05) is 23.3 Å². The first-order valence-electron chi connectivity index (χ1n) is 7.36. The standard InChI is InChI=1S/C16H30N2/c1-7-13(4)17-15-9-10-16(6,12(3)11-15)18-14(5)8-2/h9-14,17-18H,7-8H2,1-6H3. The van der Waals surface area contributed by atoms with Crippen LogP contribution in [-0.4, -0.2) is 17.6 Å². The van der Waals surface area contributed by atoms with Crippen LogP contribution in [0.15, 0.2) is 23.9 Å². The Bertz CT molecular complexity index is 319. The van der Waals surface area contributed by atoms with Crippen molar-refractivity contribution in [2.75, 3.05) is 0 Å². The summed E-state index contributed by atoms with van der Waals surface area (Å²) in [5.41, 5.74) is 1.34. The van der Waals surface area contributed by atoms with Gasteiger partial charge in [0.25, 0.3) is 0 Å². The molecule has 4 unspecified atom stereocenters. The van der Waals surface area contributed by atoms with E-state index in [0.717, 1.165) is 12.8 Å². The molecule has 0 aromatic carbocycles. The van der Waals surface area contributed by atoms with Crippen molar-refractivity contribution in [2.45, 2.75) is 72.0 Å². The zero-order chi connectivity index (χ0) is 13.8. The Labute approximate surface area is 113 Å². The second-order valence-corrected chi connectivity index (χ2v) is 5.93. The smallest absolute Gasteiger partial charge is 0.0403 e. The molecule has 0 saturated heterocycles. The number of nitrogens with one attached hydrogen (secondary N) is 2. The van der Waals surface area contributed by atoms with Crippen molar-refractivity contribution < 1.29 is 0 Å². The van der Waals surface area contributed by atoms with Crippen molar-refractivity contribution in [2.24, 2.45) is 5.92 Å². The maximum Gasteiger partial charge on any atom is 0.0403 e. The van der Waals surface area contributed by atoms with Crippen LogP contribution in [-0.2, 0) is 0 Å². The van der Waals surface area contributed by atoms with Crippen LogP contribution < -0.4 is 10.6 Å². The van der Waals surface area contributed by atoms with E-state index in [1.165, 1.54) is 5.70 Å². The Kier molecular flexibility index (Phi) is 5.46. The van der Waals surface area contributed by atoms with E-state index in [2.05, 4.69) is 70.4 Å². The number of rotatable bonds is 6. The highest BCUT2D eigenvalue weighted by molar-refractivity contribution is 5.30. The molecule has 2 N–H and O–H groups in total. The molecule has 0 bridgehead atoms. The Balaban J connectivity index is 2.68. The molecular formula is C16H30N2. The van der Waals surface area contributed by atoms with Crippen LogP contribution in [0.1, 0.15) is 54.4 Å². The fourth-order valence-corrected chi connectivity index (χ4v) is 2.21. The van der Waals surface area contributed by atoms with Crippen LogP contribution in [0, 0.1) is 5.92 Å². The predicted molar refractivity (Wildman–Crippen MR) is 80.6 cm³/mol. The summed E-state index contributed by atoms with van der Waals surface area (Å²) >= 11 is 0. The van der Waals surface area contributed by atoms with Crippen molar-refractivity contribution >= 4 is 0 Å². The van der Waals surface area contributed by atoms with E-state index in [0.29, 0.717) is 18.0 Å². The molecule has 104 valence electrons. The fourth-order valence-electron chi connectivity index (χ4n) is 2.21. The summed E-state index contributed by atoms with van der Waals surface area (Å²) in [7, 11) is 0. The van der Waals surface area contributed by atoms with Gasteiger partial charge in [0.2, 0.25) is 0 Å². The molecular weight excluding hydrogens is 220 g/mol. The summed E-state index contributed by atoms with van der Waals surface area (Å²) < 4.78 is 0. The quantitative estimate of drug-likeness (QED) is 0.752. The number of allylic oxidation sites excluding steroid dienone is 1. The van der Waals surface area contributed by atoms with Gasteiger partial charge >= 0.3 is 0 Å². The van der Waals surface area contributed by atoms with Crippen LogP contribution >= 0.6 is 0 Å². The molecule has 0 aromatic rings. The highest BCUT2D eigenvalue weighted by atomic mass is 15.0. The zero-order valence-electron chi connectivity index (χ0n) is 12.9. The van der Waals surface area contributed by atoms with Gasteiger partial charge in [-0.1, -0.05) is 32.9 Å². The van der Waals surface area contributed by atoms with Crippen molar-refractivity contribution in [1.29, 1.82) is 0 Å². The van der Waals surface area contributed by atoms with Crippen molar-refractivity contribution in [1.82, 2.24) is 10.6 Å². The Morgan fingerprint density at radius 1 is 1.22 bits per heavy atom. The molecule has 0 radical (unpaired) electrons. The van der Waals surface area contributed by atoms with Gasteiger partial charge < -0.3 is 10.6 Å². The van der Waals surface area contributed by atoms with Crippen LogP contribution in [0.3, 0.4) is 0 Å². The van der Waals surface area contributed by atoms with E-state index in [1.54, 1.807) is 0 Å². The predicted octanol–water partition coefficient (Wildman–Crippen LogP) is 3.61. The Hall–Kier alpha value is -0.760. The summed E-state index contributed by atoms with van der Waals surface area (Å²) in [5, 5.41) is 7.27. The van der Waals surface area contributed by atoms with E-state index in [9.17, 15) is 0 Å². The summed E-state index contributed by atoms with van der Waals surface area (Å²) in [6.07, 6.45) is 9.21. The lowest BCUT2D eigenvalue weighted by atomic mass is 9.82. The van der Waals surface area contributed by atoms with Crippen molar-refractivity contribution in [3.63, 3.8) is 0 Å². The molecule has 18 heavy (non-hydrogen) atoms. The van der Waals surface area contributed by atoms with Gasteiger partial charge in [-0.25, -0.2) is 0 Å². The second-order valence-electron chi connectivity index (χ2n) is 5.93. The van der Waals surface area contributed by atoms with E-state index in [4.69, 9.17) is 0 Å². The van der Waals surface area contributed by atoms with Crippen LogP contribution in [0.25, 0.3) is 0 Å². The molecule has 0 saturated carbocycles. The van der Waals surface area contributed by atoms with Crippen molar-refractivity contribution in [3.8, 4) is 0 Å². The summed E-state index contributed by atoms with van der Waals surface area (Å²) in [4.78, 5) is 0. The maximum absolute atomic E-state index is 3.72. The van der Waals surface area contributed by atoms with E-state index >= 15 is 0 Å². The SMILES string of the molecule is CCC(C)NC1=CC(C)C(C)(NC(C)CC)C=C1. The summed E-state index contributed by atoms with van der Waals surface area (Å²) in [6.45, 7) is 13.5. The van der Waals surface area contributed by atoms with Gasteiger partial charge in [-0.2, -0.15) is 0 Å². The highest BCUT2D eigenvalue weighted by Crippen LogP contribution is 2.27. The molecule has 0 heterocycles. The first-order valence-corrected chi connectivity index (χ1v) is 7.36. The average Bonchev–Trinajstić information content (AvgIpc) is 2.34. The third-order valence-corrected chi connectivity index (χ3v) is 4.18. The fraction of sp³-hybridized carbons (Fsp3) is 0.750. The molecule has 1 rings (SSSR count). The lowest BCUT2D eigenvalue weighted by molar-refractivity contribution is 0.309. The minimum Gasteiger partial charge on any atom is -0.383 e. The molecule has 2 nitrogen and oxygen atoms in total. The third kappa shape index (κ3) is 3.88. The topological polar surface area (TPSA) is 24.1 Å². The minimum absolute atomic E-state index is 0.0794. The maximum atomic E-state index is 3.72. The number of hydrogen-bond donors (Lipinski definition) is 2. The average molecular weight is 250 g/mol. The van der Waals surface area contributed by atoms with E-state index < -0.39 is 0 Å². The first kappa shape index (κ1) is 15.3. The molecule has 0 fully saturated rings. The monoisotopic (exact) mass is 250 g/mol. The first-order chi connectivity index (χ1) is 8.41. The minimum atomic E-state index is 0.0794. The van der Waals surface area contributed by atoms with Crippen LogP contribution in [0.4, 0.5) is 0 Å².